The summed E-state index contributed by atoms with van der Waals surface area (Å²) in [6.45, 7) is 1.51. The summed E-state index contributed by atoms with van der Waals surface area (Å²) in [5.41, 5.74) is -0.178. The minimum Gasteiger partial charge on any atom is -0.467 e. The van der Waals surface area contributed by atoms with E-state index in [4.69, 9.17) is 4.42 Å². The summed E-state index contributed by atoms with van der Waals surface area (Å²) < 4.78 is 46.7. The summed E-state index contributed by atoms with van der Waals surface area (Å²) in [6, 6.07) is 6.84. The first kappa shape index (κ1) is 21.9. The normalized spacial score (nSPS) is 15.1. The molecule has 0 atom stereocenters. The lowest BCUT2D eigenvalue weighted by Gasteiger charge is -2.31. The van der Waals surface area contributed by atoms with Crippen LogP contribution >= 0.6 is 0 Å². The zero-order valence-electron chi connectivity index (χ0n) is 18.0. The third-order valence-electron chi connectivity index (χ3n) is 5.94. The van der Waals surface area contributed by atoms with Gasteiger partial charge in [-0.2, -0.15) is 13.2 Å². The first-order chi connectivity index (χ1) is 16.4. The Bertz CT molecular complexity index is 1280. The minimum absolute atomic E-state index is 0.147. The summed E-state index contributed by atoms with van der Waals surface area (Å²) in [7, 11) is 0. The highest BCUT2D eigenvalue weighted by Crippen LogP contribution is 2.33. The van der Waals surface area contributed by atoms with Gasteiger partial charge in [0.2, 0.25) is 11.9 Å². The molecule has 11 heteroatoms. The molecule has 1 aromatic carbocycles. The van der Waals surface area contributed by atoms with Gasteiger partial charge in [0.25, 0.3) is 0 Å². The molecule has 0 unspecified atom stereocenters. The highest BCUT2D eigenvalue weighted by molar-refractivity contribution is 5.93. The Morgan fingerprint density at radius 3 is 2.68 bits per heavy atom. The second kappa shape index (κ2) is 8.81. The van der Waals surface area contributed by atoms with E-state index in [1.807, 2.05) is 0 Å². The molecular formula is C23H21F3N6O2. The maximum absolute atomic E-state index is 13.2. The van der Waals surface area contributed by atoms with Crippen LogP contribution in [0.15, 0.2) is 59.6 Å². The fraction of sp³-hybridized carbons (Fsp3) is 0.304. The first-order valence-electron chi connectivity index (χ1n) is 10.8. The number of hydrogen-bond acceptors (Lipinski definition) is 6. The van der Waals surface area contributed by atoms with Crippen molar-refractivity contribution >= 4 is 28.7 Å². The van der Waals surface area contributed by atoms with Gasteiger partial charge in [0.15, 0.2) is 0 Å². The summed E-state index contributed by atoms with van der Waals surface area (Å²) in [5.74, 6) is 1.07. The Morgan fingerprint density at radius 2 is 2.00 bits per heavy atom. The van der Waals surface area contributed by atoms with Crippen molar-refractivity contribution in [1.29, 1.82) is 0 Å². The van der Waals surface area contributed by atoms with Crippen LogP contribution in [0.4, 0.5) is 24.9 Å². The lowest BCUT2D eigenvalue weighted by Crippen LogP contribution is -2.38. The number of piperidine rings is 1. The predicted octanol–water partition coefficient (Wildman–Crippen LogP) is 4.34. The summed E-state index contributed by atoms with van der Waals surface area (Å²) in [4.78, 5) is 27.8. The summed E-state index contributed by atoms with van der Waals surface area (Å²) >= 11 is 0. The van der Waals surface area contributed by atoms with Crippen molar-refractivity contribution < 1.29 is 22.4 Å². The molecule has 1 aliphatic heterocycles. The van der Waals surface area contributed by atoms with E-state index in [0.29, 0.717) is 37.2 Å². The Balaban J connectivity index is 1.37. The SMILES string of the molecule is O=C(Nc1nc2cc(C(F)(F)F)ccc2n1Cc1ccco1)C1CCN(c2cnccn2)CC1. The van der Waals surface area contributed by atoms with Crippen molar-refractivity contribution in [1.82, 2.24) is 19.5 Å². The van der Waals surface area contributed by atoms with Crippen molar-refractivity contribution in [2.45, 2.75) is 25.6 Å². The van der Waals surface area contributed by atoms with E-state index in [0.717, 1.165) is 18.0 Å². The van der Waals surface area contributed by atoms with Crippen LogP contribution < -0.4 is 10.2 Å². The number of aromatic nitrogens is 4. The molecule has 0 radical (unpaired) electrons. The average Bonchev–Trinajstić information content (AvgIpc) is 3.47. The van der Waals surface area contributed by atoms with Gasteiger partial charge in [-0.05, 0) is 43.2 Å². The minimum atomic E-state index is -4.49. The zero-order valence-corrected chi connectivity index (χ0v) is 18.0. The van der Waals surface area contributed by atoms with E-state index in [2.05, 4.69) is 25.2 Å². The molecule has 0 aliphatic carbocycles. The lowest BCUT2D eigenvalue weighted by molar-refractivity contribution is -0.137. The molecule has 1 fully saturated rings. The zero-order chi connectivity index (χ0) is 23.7. The van der Waals surface area contributed by atoms with Gasteiger partial charge in [0, 0.05) is 31.4 Å². The average molecular weight is 470 g/mol. The maximum atomic E-state index is 13.2. The molecule has 1 amide bonds. The Labute approximate surface area is 192 Å². The van der Waals surface area contributed by atoms with Crippen LogP contribution in [0.25, 0.3) is 11.0 Å². The largest absolute Gasteiger partial charge is 0.467 e. The molecule has 176 valence electrons. The van der Waals surface area contributed by atoms with Crippen LogP contribution in [0.5, 0.6) is 0 Å². The number of carbonyl (C=O) groups is 1. The van der Waals surface area contributed by atoms with E-state index < -0.39 is 11.7 Å². The summed E-state index contributed by atoms with van der Waals surface area (Å²) in [5, 5.41) is 2.84. The smallest absolute Gasteiger partial charge is 0.416 e. The highest BCUT2D eigenvalue weighted by atomic mass is 19.4. The van der Waals surface area contributed by atoms with Crippen molar-refractivity contribution in [2.24, 2.45) is 5.92 Å². The Hall–Kier alpha value is -3.89. The van der Waals surface area contributed by atoms with E-state index in [-0.39, 0.29) is 29.8 Å². The number of rotatable bonds is 5. The van der Waals surface area contributed by atoms with Crippen LogP contribution in [0.2, 0.25) is 0 Å². The number of furan rings is 1. The number of fused-ring (bicyclic) bond motifs is 1. The van der Waals surface area contributed by atoms with Gasteiger partial charge < -0.3 is 13.9 Å². The number of amides is 1. The lowest BCUT2D eigenvalue weighted by atomic mass is 9.96. The van der Waals surface area contributed by atoms with E-state index >= 15 is 0 Å². The molecule has 4 aromatic rings. The molecule has 1 aliphatic rings. The number of imidazole rings is 1. The number of carbonyl (C=O) groups excluding carboxylic acids is 1. The predicted molar refractivity (Wildman–Crippen MR) is 118 cm³/mol. The fourth-order valence-electron chi connectivity index (χ4n) is 4.16. The van der Waals surface area contributed by atoms with E-state index in [1.54, 1.807) is 35.3 Å². The monoisotopic (exact) mass is 470 g/mol. The third-order valence-corrected chi connectivity index (χ3v) is 5.94. The number of nitrogens with one attached hydrogen (secondary N) is 1. The second-order valence-corrected chi connectivity index (χ2v) is 8.12. The number of halogens is 3. The van der Waals surface area contributed by atoms with Crippen molar-refractivity contribution in [2.75, 3.05) is 23.3 Å². The molecule has 0 spiro atoms. The molecule has 0 saturated carbocycles. The molecule has 4 heterocycles. The molecule has 8 nitrogen and oxygen atoms in total. The maximum Gasteiger partial charge on any atom is 0.416 e. The number of benzene rings is 1. The van der Waals surface area contributed by atoms with E-state index in [1.165, 1.54) is 12.3 Å². The van der Waals surface area contributed by atoms with E-state index in [9.17, 15) is 18.0 Å². The molecule has 1 N–H and O–H groups in total. The van der Waals surface area contributed by atoms with Crippen LogP contribution in [0.3, 0.4) is 0 Å². The van der Waals surface area contributed by atoms with Crippen LogP contribution in [-0.2, 0) is 17.5 Å². The number of alkyl halides is 3. The van der Waals surface area contributed by atoms with Crippen molar-refractivity contribution in [3.05, 3.63) is 66.5 Å². The van der Waals surface area contributed by atoms with Gasteiger partial charge in [-0.3, -0.25) is 15.1 Å². The first-order valence-corrected chi connectivity index (χ1v) is 10.8. The molecule has 3 aromatic heterocycles. The third kappa shape index (κ3) is 4.45. The van der Waals surface area contributed by atoms with Gasteiger partial charge in [0.05, 0.1) is 35.6 Å². The van der Waals surface area contributed by atoms with Gasteiger partial charge >= 0.3 is 6.18 Å². The molecular weight excluding hydrogens is 449 g/mol. The number of anilines is 2. The fourth-order valence-corrected chi connectivity index (χ4v) is 4.16. The Kier molecular flexibility index (Phi) is 5.68. The second-order valence-electron chi connectivity index (χ2n) is 8.12. The van der Waals surface area contributed by atoms with Crippen molar-refractivity contribution in [3.63, 3.8) is 0 Å². The Morgan fingerprint density at radius 1 is 1.18 bits per heavy atom. The van der Waals surface area contributed by atoms with Crippen LogP contribution in [0.1, 0.15) is 24.2 Å². The molecule has 0 bridgehead atoms. The van der Waals surface area contributed by atoms with Gasteiger partial charge in [-0.25, -0.2) is 9.97 Å². The van der Waals surface area contributed by atoms with Crippen LogP contribution in [0, 0.1) is 5.92 Å². The number of nitrogens with zero attached hydrogens (tertiary/aromatic N) is 5. The number of hydrogen-bond donors (Lipinski definition) is 1. The van der Waals surface area contributed by atoms with Gasteiger partial charge in [0.1, 0.15) is 11.6 Å². The summed E-state index contributed by atoms with van der Waals surface area (Å²) in [6.07, 6.45) is 3.17. The highest BCUT2D eigenvalue weighted by Gasteiger charge is 2.32. The standard InChI is InChI=1S/C23H21F3N6O2/c24-23(25,26)16-3-4-19-18(12-16)29-22(32(19)14-17-2-1-11-34-17)30-21(33)15-5-9-31(10-6-15)20-13-27-7-8-28-20/h1-4,7-8,11-13,15H,5-6,9-10,14H2,(H,29,30,33). The molecule has 1 saturated heterocycles. The molecule has 34 heavy (non-hydrogen) atoms. The topological polar surface area (TPSA) is 89.1 Å². The van der Waals surface area contributed by atoms with Gasteiger partial charge in [-0.1, -0.05) is 0 Å². The molecule has 5 rings (SSSR count). The van der Waals surface area contributed by atoms with Crippen molar-refractivity contribution in [3.8, 4) is 0 Å². The van der Waals surface area contributed by atoms with Gasteiger partial charge in [-0.15, -0.1) is 0 Å². The van der Waals surface area contributed by atoms with Crippen LogP contribution in [-0.4, -0.2) is 38.5 Å². The quantitative estimate of drug-likeness (QED) is 0.467.